The van der Waals surface area contributed by atoms with Crippen LogP contribution in [0.4, 0.5) is 0 Å². The summed E-state index contributed by atoms with van der Waals surface area (Å²) < 4.78 is 26.2. The fraction of sp³-hybridized carbons (Fsp3) is 0.909. The predicted molar refractivity (Wildman–Crippen MR) is 63.1 cm³/mol. The van der Waals surface area contributed by atoms with E-state index in [-0.39, 0.29) is 5.25 Å². The van der Waals surface area contributed by atoms with Crippen LogP contribution in [0.3, 0.4) is 0 Å². The van der Waals surface area contributed by atoms with Crippen molar-refractivity contribution >= 4 is 16.0 Å². The smallest absolute Gasteiger partial charge is 0.324 e. The second-order valence-corrected chi connectivity index (χ2v) is 7.38. The average Bonchev–Trinajstić information content (AvgIpc) is 3.04. The number of rotatable bonds is 4. The number of carboxylic acids is 1. The van der Waals surface area contributed by atoms with Crippen LogP contribution in [-0.4, -0.2) is 30.3 Å². The second kappa shape index (κ2) is 4.24. The second-order valence-electron chi connectivity index (χ2n) is 5.42. The van der Waals surface area contributed by atoms with Crippen LogP contribution in [0.2, 0.25) is 0 Å². The van der Waals surface area contributed by atoms with Crippen molar-refractivity contribution in [1.82, 2.24) is 4.72 Å². The summed E-state index contributed by atoms with van der Waals surface area (Å²) in [5.41, 5.74) is -1.26. The molecule has 2 saturated carbocycles. The Morgan fingerprint density at radius 1 is 1.24 bits per heavy atom. The van der Waals surface area contributed by atoms with E-state index in [0.29, 0.717) is 31.6 Å². The Labute approximate surface area is 102 Å². The molecule has 0 saturated heterocycles. The normalized spacial score (nSPS) is 34.5. The lowest BCUT2D eigenvalue weighted by Gasteiger charge is -2.36. The highest BCUT2D eigenvalue weighted by Crippen LogP contribution is 2.35. The summed E-state index contributed by atoms with van der Waals surface area (Å²) in [7, 11) is -3.44. The Bertz CT molecular complexity index is 405. The van der Waals surface area contributed by atoms with Crippen molar-refractivity contribution in [2.75, 3.05) is 0 Å². The zero-order valence-corrected chi connectivity index (χ0v) is 10.8. The SMILES string of the molecule is CC1CCC(NS(=O)(=O)C2CC2)(C(=O)O)CC1. The highest BCUT2D eigenvalue weighted by molar-refractivity contribution is 7.90. The molecule has 0 atom stereocenters. The lowest BCUT2D eigenvalue weighted by atomic mass is 9.78. The predicted octanol–water partition coefficient (Wildman–Crippen LogP) is 1.10. The molecule has 2 aliphatic rings. The van der Waals surface area contributed by atoms with Gasteiger partial charge in [0.2, 0.25) is 10.0 Å². The molecule has 0 bridgehead atoms. The first-order valence-electron chi connectivity index (χ1n) is 6.12. The van der Waals surface area contributed by atoms with Crippen LogP contribution in [0, 0.1) is 5.92 Å². The van der Waals surface area contributed by atoms with Crippen molar-refractivity contribution in [3.63, 3.8) is 0 Å². The van der Waals surface area contributed by atoms with Gasteiger partial charge in [-0.25, -0.2) is 8.42 Å². The number of nitrogens with one attached hydrogen (secondary N) is 1. The summed E-state index contributed by atoms with van der Waals surface area (Å²) >= 11 is 0. The molecule has 6 heteroatoms. The molecule has 2 N–H and O–H groups in total. The molecule has 0 spiro atoms. The van der Waals surface area contributed by atoms with Crippen LogP contribution in [0.5, 0.6) is 0 Å². The van der Waals surface area contributed by atoms with Gasteiger partial charge in [-0.2, -0.15) is 4.72 Å². The van der Waals surface area contributed by atoms with Gasteiger partial charge in [0.25, 0.3) is 0 Å². The highest BCUT2D eigenvalue weighted by Gasteiger charge is 2.47. The first-order valence-corrected chi connectivity index (χ1v) is 7.66. The van der Waals surface area contributed by atoms with Crippen LogP contribution >= 0.6 is 0 Å². The molecular weight excluding hydrogens is 242 g/mol. The van der Waals surface area contributed by atoms with E-state index in [1.165, 1.54) is 0 Å². The number of aliphatic carboxylic acids is 1. The van der Waals surface area contributed by atoms with Crippen LogP contribution in [-0.2, 0) is 14.8 Å². The Balaban J connectivity index is 2.15. The third kappa shape index (κ3) is 2.63. The average molecular weight is 261 g/mol. The van der Waals surface area contributed by atoms with Crippen molar-refractivity contribution in [1.29, 1.82) is 0 Å². The van der Waals surface area contributed by atoms with Gasteiger partial charge < -0.3 is 5.11 Å². The monoisotopic (exact) mass is 261 g/mol. The minimum Gasteiger partial charge on any atom is -0.480 e. The topological polar surface area (TPSA) is 83.5 Å². The van der Waals surface area contributed by atoms with Gasteiger partial charge in [0.1, 0.15) is 5.54 Å². The Morgan fingerprint density at radius 2 is 1.76 bits per heavy atom. The standard InChI is InChI=1S/C11H19NO4S/c1-8-4-6-11(7-5-8,10(13)14)12-17(15,16)9-2-3-9/h8-9,12H,2-7H2,1H3,(H,13,14). The molecular formula is C11H19NO4S. The molecule has 17 heavy (non-hydrogen) atoms. The van der Waals surface area contributed by atoms with E-state index >= 15 is 0 Å². The first kappa shape index (κ1) is 12.8. The summed E-state index contributed by atoms with van der Waals surface area (Å²) in [5, 5.41) is 8.95. The van der Waals surface area contributed by atoms with E-state index < -0.39 is 21.5 Å². The zero-order valence-electron chi connectivity index (χ0n) is 9.98. The van der Waals surface area contributed by atoms with Gasteiger partial charge in [0.15, 0.2) is 0 Å². The van der Waals surface area contributed by atoms with E-state index in [1.54, 1.807) is 0 Å². The summed E-state index contributed by atoms with van der Waals surface area (Å²) in [6, 6.07) is 0. The van der Waals surface area contributed by atoms with Gasteiger partial charge in [0, 0.05) is 0 Å². The minimum absolute atomic E-state index is 0.363. The number of hydrogen-bond donors (Lipinski definition) is 2. The molecule has 0 heterocycles. The van der Waals surface area contributed by atoms with E-state index in [0.717, 1.165) is 12.8 Å². The van der Waals surface area contributed by atoms with Gasteiger partial charge in [-0.3, -0.25) is 4.79 Å². The number of carboxylic acid groups (broad SMARTS) is 1. The van der Waals surface area contributed by atoms with Crippen LogP contribution in [0.25, 0.3) is 0 Å². The summed E-state index contributed by atoms with van der Waals surface area (Å²) in [5.74, 6) is -0.554. The van der Waals surface area contributed by atoms with Gasteiger partial charge in [-0.15, -0.1) is 0 Å². The molecule has 2 rings (SSSR count). The molecule has 5 nitrogen and oxygen atoms in total. The summed E-state index contributed by atoms with van der Waals surface area (Å²) in [6.07, 6.45) is 3.63. The Hall–Kier alpha value is -0.620. The van der Waals surface area contributed by atoms with Crippen molar-refractivity contribution in [3.05, 3.63) is 0 Å². The van der Waals surface area contributed by atoms with Crippen molar-refractivity contribution in [2.24, 2.45) is 5.92 Å². The maximum Gasteiger partial charge on any atom is 0.324 e. The number of carbonyl (C=O) groups is 1. The van der Waals surface area contributed by atoms with Crippen molar-refractivity contribution < 1.29 is 18.3 Å². The fourth-order valence-electron chi connectivity index (χ4n) is 2.35. The van der Waals surface area contributed by atoms with Crippen LogP contribution in [0.15, 0.2) is 0 Å². The Kier molecular flexibility index (Phi) is 3.20. The van der Waals surface area contributed by atoms with Crippen molar-refractivity contribution in [2.45, 2.75) is 56.2 Å². The van der Waals surface area contributed by atoms with Crippen LogP contribution < -0.4 is 4.72 Å². The molecule has 0 aliphatic heterocycles. The molecule has 0 radical (unpaired) electrons. The van der Waals surface area contributed by atoms with E-state index in [1.807, 2.05) is 0 Å². The summed E-state index contributed by atoms with van der Waals surface area (Å²) in [6.45, 7) is 2.07. The largest absolute Gasteiger partial charge is 0.480 e. The van der Waals surface area contributed by atoms with Crippen LogP contribution in [0.1, 0.15) is 45.4 Å². The van der Waals surface area contributed by atoms with Gasteiger partial charge in [-0.05, 0) is 44.4 Å². The summed E-state index contributed by atoms with van der Waals surface area (Å²) in [4.78, 5) is 11.4. The molecule has 2 fully saturated rings. The van der Waals surface area contributed by atoms with E-state index in [4.69, 9.17) is 0 Å². The minimum atomic E-state index is -3.44. The maximum absolute atomic E-state index is 11.9. The molecule has 2 aliphatic carbocycles. The highest BCUT2D eigenvalue weighted by atomic mass is 32.2. The first-order chi connectivity index (χ1) is 7.86. The van der Waals surface area contributed by atoms with E-state index in [2.05, 4.69) is 11.6 Å². The molecule has 0 aromatic heterocycles. The molecule has 98 valence electrons. The zero-order chi connectivity index (χ0) is 12.7. The Morgan fingerprint density at radius 3 is 2.18 bits per heavy atom. The van der Waals surface area contributed by atoms with Gasteiger partial charge in [-0.1, -0.05) is 6.92 Å². The lowest BCUT2D eigenvalue weighted by molar-refractivity contribution is -0.145. The van der Waals surface area contributed by atoms with Gasteiger partial charge >= 0.3 is 5.97 Å². The third-order valence-electron chi connectivity index (χ3n) is 3.84. The number of sulfonamides is 1. The van der Waals surface area contributed by atoms with Gasteiger partial charge in [0.05, 0.1) is 5.25 Å². The molecule has 0 aromatic carbocycles. The molecule has 0 unspecified atom stereocenters. The van der Waals surface area contributed by atoms with E-state index in [9.17, 15) is 18.3 Å². The van der Waals surface area contributed by atoms with Crippen molar-refractivity contribution in [3.8, 4) is 0 Å². The molecule has 0 amide bonds. The quantitative estimate of drug-likeness (QED) is 0.794. The number of hydrogen-bond acceptors (Lipinski definition) is 3. The maximum atomic E-state index is 11.9. The lowest BCUT2D eigenvalue weighted by Crippen LogP contribution is -2.56. The third-order valence-corrected chi connectivity index (χ3v) is 5.86. The fourth-order valence-corrected chi connectivity index (χ4v) is 4.11. The molecule has 0 aromatic rings.